The number of amides is 1. The van der Waals surface area contributed by atoms with Crippen molar-refractivity contribution in [3.63, 3.8) is 0 Å². The number of nitrogens with one attached hydrogen (secondary N) is 1. The summed E-state index contributed by atoms with van der Waals surface area (Å²) in [5, 5.41) is 11.4. The summed E-state index contributed by atoms with van der Waals surface area (Å²) in [5.41, 5.74) is 2.21. The minimum Gasteiger partial charge on any atom is -0.487 e. The molecule has 0 aliphatic rings. The van der Waals surface area contributed by atoms with Crippen LogP contribution in [0.25, 0.3) is 0 Å². The molecule has 0 fully saturated rings. The topological polar surface area (TPSA) is 165 Å². The molecule has 0 bridgehead atoms. The minimum atomic E-state index is -0.393. The zero-order chi connectivity index (χ0) is 39.7. The number of azo groups is 1. The van der Waals surface area contributed by atoms with Gasteiger partial charge in [0.25, 0.3) is 5.91 Å². The summed E-state index contributed by atoms with van der Waals surface area (Å²) < 4.78 is 66.8. The number of methoxy groups -OCH3 is 3. The highest BCUT2D eigenvalue weighted by Crippen LogP contribution is 2.39. The predicted octanol–water partition coefficient (Wildman–Crippen LogP) is 5.53. The summed E-state index contributed by atoms with van der Waals surface area (Å²) in [7, 11) is 4.86. The van der Waals surface area contributed by atoms with Crippen LogP contribution >= 0.6 is 0 Å². The van der Waals surface area contributed by atoms with Crippen molar-refractivity contribution in [1.29, 1.82) is 0 Å². The largest absolute Gasteiger partial charge is 0.487 e. The molecule has 0 radical (unpaired) electrons. The van der Waals surface area contributed by atoms with Crippen LogP contribution in [0.5, 0.6) is 17.2 Å². The number of carbonyl (C=O) groups is 1. The summed E-state index contributed by atoms with van der Waals surface area (Å²) in [6.07, 6.45) is 0. The van der Waals surface area contributed by atoms with Gasteiger partial charge in [0.1, 0.15) is 19.8 Å². The first kappa shape index (κ1) is 46.2. The van der Waals surface area contributed by atoms with Crippen LogP contribution in [0.1, 0.15) is 10.4 Å². The highest BCUT2D eigenvalue weighted by Gasteiger charge is 2.20. The molecule has 0 aliphatic heterocycles. The quantitative estimate of drug-likeness (QED) is 0.0594. The molecule has 310 valence electrons. The summed E-state index contributed by atoms with van der Waals surface area (Å²) in [4.78, 5) is 13.7. The van der Waals surface area contributed by atoms with Crippen LogP contribution in [0.4, 0.5) is 17.1 Å². The van der Waals surface area contributed by atoms with Gasteiger partial charge in [-0.2, -0.15) is 10.2 Å². The Morgan fingerprint density at radius 1 is 0.464 bits per heavy atom. The van der Waals surface area contributed by atoms with Crippen molar-refractivity contribution in [1.82, 2.24) is 0 Å². The van der Waals surface area contributed by atoms with Crippen molar-refractivity contribution in [2.75, 3.05) is 146 Å². The number of anilines is 1. The second-order valence-corrected chi connectivity index (χ2v) is 11.5. The molecule has 16 nitrogen and oxygen atoms in total. The van der Waals surface area contributed by atoms with E-state index in [1.807, 2.05) is 30.3 Å². The molecule has 0 unspecified atom stereocenters. The molecule has 3 aromatic carbocycles. The number of benzene rings is 3. The molecule has 0 aliphatic carbocycles. The SMILES string of the molecule is COCCOCCOCCOc1cc(C(=O)Nc2ccc(/N=N/c3ccccc3)cc2)cc(OCCOCCOCCOC)c1OCCOCCOCCOC. The van der Waals surface area contributed by atoms with Gasteiger partial charge in [-0.15, -0.1) is 0 Å². The molecule has 16 heteroatoms. The fourth-order valence-corrected chi connectivity index (χ4v) is 4.51. The van der Waals surface area contributed by atoms with E-state index in [1.165, 1.54) is 0 Å². The molecular weight excluding hydrogens is 730 g/mol. The minimum absolute atomic E-state index is 0.166. The monoisotopic (exact) mass is 787 g/mol. The van der Waals surface area contributed by atoms with Gasteiger partial charge in [-0.25, -0.2) is 0 Å². The van der Waals surface area contributed by atoms with Crippen LogP contribution in [-0.4, -0.2) is 146 Å². The van der Waals surface area contributed by atoms with E-state index < -0.39 is 5.91 Å². The number of hydrogen-bond acceptors (Lipinski definition) is 15. The van der Waals surface area contributed by atoms with Crippen LogP contribution < -0.4 is 19.5 Å². The molecule has 0 atom stereocenters. The third-order valence-corrected chi connectivity index (χ3v) is 7.30. The Kier molecular flexibility index (Phi) is 25.5. The van der Waals surface area contributed by atoms with Crippen LogP contribution in [0.2, 0.25) is 0 Å². The van der Waals surface area contributed by atoms with Gasteiger partial charge in [-0.3, -0.25) is 4.79 Å². The Labute approximate surface area is 329 Å². The number of rotatable bonds is 34. The van der Waals surface area contributed by atoms with E-state index in [-0.39, 0.29) is 45.2 Å². The fraction of sp³-hybridized carbons (Fsp3) is 0.525. The van der Waals surface area contributed by atoms with Crippen LogP contribution in [0, 0.1) is 0 Å². The van der Waals surface area contributed by atoms with E-state index in [2.05, 4.69) is 15.5 Å². The Bertz CT molecular complexity index is 1420. The van der Waals surface area contributed by atoms with Gasteiger partial charge in [0.15, 0.2) is 11.5 Å². The summed E-state index contributed by atoms with van der Waals surface area (Å²) in [5.74, 6) is 0.496. The highest BCUT2D eigenvalue weighted by atomic mass is 16.6. The lowest BCUT2D eigenvalue weighted by atomic mass is 10.1. The van der Waals surface area contributed by atoms with Crippen LogP contribution in [0.3, 0.4) is 0 Å². The van der Waals surface area contributed by atoms with Gasteiger partial charge in [-0.1, -0.05) is 18.2 Å². The van der Waals surface area contributed by atoms with E-state index in [0.717, 1.165) is 5.69 Å². The Morgan fingerprint density at radius 3 is 1.27 bits per heavy atom. The summed E-state index contributed by atoms with van der Waals surface area (Å²) in [6.45, 7) is 6.68. The van der Waals surface area contributed by atoms with E-state index in [9.17, 15) is 4.79 Å². The third-order valence-electron chi connectivity index (χ3n) is 7.30. The summed E-state index contributed by atoms with van der Waals surface area (Å²) in [6, 6.07) is 19.7. The first-order chi connectivity index (χ1) is 27.6. The molecule has 0 saturated carbocycles. The van der Waals surface area contributed by atoms with E-state index >= 15 is 0 Å². The number of ether oxygens (including phenoxy) is 12. The van der Waals surface area contributed by atoms with Gasteiger partial charge >= 0.3 is 0 Å². The van der Waals surface area contributed by atoms with E-state index in [0.29, 0.717) is 108 Å². The highest BCUT2D eigenvalue weighted by molar-refractivity contribution is 6.05. The van der Waals surface area contributed by atoms with Gasteiger partial charge in [0, 0.05) is 32.6 Å². The molecule has 1 N–H and O–H groups in total. The lowest BCUT2D eigenvalue weighted by Gasteiger charge is -2.19. The zero-order valence-electron chi connectivity index (χ0n) is 32.8. The molecule has 0 saturated heterocycles. The number of hydrogen-bond donors (Lipinski definition) is 1. The maximum atomic E-state index is 13.7. The first-order valence-corrected chi connectivity index (χ1v) is 18.5. The molecule has 3 rings (SSSR count). The number of nitrogens with zero attached hydrogens (tertiary/aromatic N) is 2. The fourth-order valence-electron chi connectivity index (χ4n) is 4.51. The molecular formula is C40H57N3O13. The van der Waals surface area contributed by atoms with Gasteiger partial charge in [0.2, 0.25) is 5.75 Å². The normalized spacial score (nSPS) is 11.3. The van der Waals surface area contributed by atoms with Crippen molar-refractivity contribution in [2.24, 2.45) is 10.2 Å². The van der Waals surface area contributed by atoms with Crippen molar-refractivity contribution >= 4 is 23.0 Å². The Balaban J connectivity index is 1.71. The van der Waals surface area contributed by atoms with Crippen molar-refractivity contribution < 1.29 is 61.6 Å². The average molecular weight is 788 g/mol. The summed E-state index contributed by atoms with van der Waals surface area (Å²) >= 11 is 0. The molecule has 56 heavy (non-hydrogen) atoms. The Morgan fingerprint density at radius 2 is 0.839 bits per heavy atom. The van der Waals surface area contributed by atoms with Gasteiger partial charge < -0.3 is 62.2 Å². The lowest BCUT2D eigenvalue weighted by molar-refractivity contribution is 0.0146. The second kappa shape index (κ2) is 30.9. The molecule has 0 aromatic heterocycles. The first-order valence-electron chi connectivity index (χ1n) is 18.5. The number of carbonyl (C=O) groups excluding carboxylic acids is 1. The predicted molar refractivity (Wildman–Crippen MR) is 208 cm³/mol. The molecule has 3 aromatic rings. The second-order valence-electron chi connectivity index (χ2n) is 11.5. The third kappa shape index (κ3) is 20.6. The Hall–Kier alpha value is -4.23. The standard InChI is InChI=1S/C40H57N3O13/c1-45-13-16-48-19-22-51-25-28-54-37-31-33(40(44)41-34-9-11-36(12-10-34)43-42-35-7-5-4-6-8-35)32-38(55-29-26-52-23-20-49-17-14-46-2)39(37)56-30-27-53-24-21-50-18-15-47-3/h4-12,31-32H,13-30H2,1-3H3,(H,41,44)/b43-42+. The van der Waals surface area contributed by atoms with Crippen molar-refractivity contribution in [2.45, 2.75) is 0 Å². The molecule has 0 heterocycles. The van der Waals surface area contributed by atoms with Crippen LogP contribution in [0.15, 0.2) is 77.0 Å². The lowest BCUT2D eigenvalue weighted by Crippen LogP contribution is -2.17. The maximum absolute atomic E-state index is 13.7. The van der Waals surface area contributed by atoms with Crippen molar-refractivity contribution in [3.8, 4) is 17.2 Å². The molecule has 1 amide bonds. The van der Waals surface area contributed by atoms with Gasteiger partial charge in [-0.05, 0) is 48.5 Å². The van der Waals surface area contributed by atoms with Crippen molar-refractivity contribution in [3.05, 3.63) is 72.3 Å². The smallest absolute Gasteiger partial charge is 0.255 e. The van der Waals surface area contributed by atoms with Gasteiger partial charge in [0.05, 0.1) is 110 Å². The van der Waals surface area contributed by atoms with E-state index in [4.69, 9.17) is 56.8 Å². The molecule has 0 spiro atoms. The van der Waals surface area contributed by atoms with E-state index in [1.54, 1.807) is 57.7 Å². The maximum Gasteiger partial charge on any atom is 0.255 e. The van der Waals surface area contributed by atoms with Crippen LogP contribution in [-0.2, 0) is 42.6 Å². The average Bonchev–Trinajstić information content (AvgIpc) is 3.22. The zero-order valence-corrected chi connectivity index (χ0v) is 32.8.